The van der Waals surface area contributed by atoms with E-state index in [0.29, 0.717) is 12.5 Å². The first kappa shape index (κ1) is 16.9. The summed E-state index contributed by atoms with van der Waals surface area (Å²) in [6.45, 7) is 1.38. The van der Waals surface area contributed by atoms with Crippen LogP contribution in [0.2, 0.25) is 0 Å². The van der Waals surface area contributed by atoms with Crippen LogP contribution in [0.15, 0.2) is 24.3 Å². The van der Waals surface area contributed by atoms with Gasteiger partial charge in [0.25, 0.3) is 5.91 Å². The van der Waals surface area contributed by atoms with Gasteiger partial charge in [-0.15, -0.1) is 0 Å². The SMILES string of the molecule is N[C@H]1CCCN2C(=O)COc3ccccc3[C@H]3CC[C@H](CC3)OC[C@@H]12. The summed E-state index contributed by atoms with van der Waals surface area (Å²) in [4.78, 5) is 14.7. The zero-order valence-electron chi connectivity index (χ0n) is 14.7. The van der Waals surface area contributed by atoms with Crippen molar-refractivity contribution in [1.29, 1.82) is 0 Å². The van der Waals surface area contributed by atoms with Gasteiger partial charge in [0.2, 0.25) is 0 Å². The van der Waals surface area contributed by atoms with Crippen LogP contribution in [0.5, 0.6) is 5.75 Å². The number of benzene rings is 1. The molecule has 0 radical (unpaired) electrons. The maximum Gasteiger partial charge on any atom is 0.260 e. The minimum Gasteiger partial charge on any atom is -0.483 e. The minimum absolute atomic E-state index is 0.00791. The number of nitrogens with zero attached hydrogens (tertiary/aromatic N) is 1. The van der Waals surface area contributed by atoms with Gasteiger partial charge in [-0.2, -0.15) is 0 Å². The van der Waals surface area contributed by atoms with E-state index in [1.807, 2.05) is 17.0 Å². The predicted octanol–water partition coefficient (Wildman–Crippen LogP) is 2.44. The maximum absolute atomic E-state index is 12.8. The molecule has 2 atom stereocenters. The third-order valence-corrected chi connectivity index (χ3v) is 6.04. The van der Waals surface area contributed by atoms with Crippen LogP contribution in [0, 0.1) is 0 Å². The molecule has 2 N–H and O–H groups in total. The highest BCUT2D eigenvalue weighted by molar-refractivity contribution is 5.78. The van der Waals surface area contributed by atoms with Gasteiger partial charge in [0.15, 0.2) is 6.61 Å². The molecule has 1 saturated carbocycles. The molecule has 2 bridgehead atoms. The van der Waals surface area contributed by atoms with Gasteiger partial charge in [-0.05, 0) is 56.1 Å². The Hall–Kier alpha value is -1.59. The molecule has 1 aromatic rings. The van der Waals surface area contributed by atoms with Crippen LogP contribution >= 0.6 is 0 Å². The number of para-hydroxylation sites is 1. The summed E-state index contributed by atoms with van der Waals surface area (Å²) in [6.07, 6.45) is 6.54. The van der Waals surface area contributed by atoms with E-state index >= 15 is 0 Å². The number of carbonyl (C=O) groups excluding carboxylic acids is 1. The average molecular weight is 344 g/mol. The molecule has 5 nitrogen and oxygen atoms in total. The molecular weight excluding hydrogens is 316 g/mol. The van der Waals surface area contributed by atoms with E-state index in [0.717, 1.165) is 50.8 Å². The van der Waals surface area contributed by atoms with Crippen molar-refractivity contribution in [2.45, 2.75) is 62.6 Å². The zero-order valence-corrected chi connectivity index (χ0v) is 14.7. The fraction of sp³-hybridized carbons (Fsp3) is 0.650. The van der Waals surface area contributed by atoms with Gasteiger partial charge < -0.3 is 20.1 Å². The lowest BCUT2D eigenvalue weighted by Crippen LogP contribution is -2.57. The van der Waals surface area contributed by atoms with E-state index in [1.165, 1.54) is 5.56 Å². The summed E-state index contributed by atoms with van der Waals surface area (Å²) in [6, 6.07) is 8.14. The summed E-state index contributed by atoms with van der Waals surface area (Å²) < 4.78 is 12.2. The first-order valence-corrected chi connectivity index (χ1v) is 9.61. The van der Waals surface area contributed by atoms with Crippen LogP contribution in [0.3, 0.4) is 0 Å². The van der Waals surface area contributed by atoms with Crippen LogP contribution in [-0.2, 0) is 9.53 Å². The van der Waals surface area contributed by atoms with Crippen molar-refractivity contribution in [3.8, 4) is 5.75 Å². The van der Waals surface area contributed by atoms with Crippen molar-refractivity contribution < 1.29 is 14.3 Å². The van der Waals surface area contributed by atoms with E-state index in [2.05, 4.69) is 12.1 Å². The molecule has 1 aliphatic carbocycles. The fourth-order valence-electron chi connectivity index (χ4n) is 4.56. The van der Waals surface area contributed by atoms with Gasteiger partial charge in [-0.1, -0.05) is 18.2 Å². The third kappa shape index (κ3) is 3.53. The van der Waals surface area contributed by atoms with Crippen LogP contribution in [0.4, 0.5) is 0 Å². The normalized spacial score (nSPS) is 33.3. The second-order valence-corrected chi connectivity index (χ2v) is 7.59. The van der Waals surface area contributed by atoms with Gasteiger partial charge in [0.1, 0.15) is 5.75 Å². The Bertz CT molecular complexity index is 613. The summed E-state index contributed by atoms with van der Waals surface area (Å²) >= 11 is 0. The number of amides is 1. The van der Waals surface area contributed by atoms with Gasteiger partial charge in [0, 0.05) is 12.6 Å². The molecule has 1 amide bonds. The molecule has 4 aliphatic rings. The van der Waals surface area contributed by atoms with Gasteiger partial charge >= 0.3 is 0 Å². The van der Waals surface area contributed by atoms with E-state index in [9.17, 15) is 4.79 Å². The standard InChI is InChI=1S/C20H28N2O3/c21-17-5-3-11-22-18(17)12-24-15-9-7-14(8-10-15)16-4-1-2-6-19(16)25-13-20(22)23/h1-2,4,6,14-15,17-18H,3,5,7-13,21H2/t14-,15+,17-,18-/m0/s1. The molecule has 5 rings (SSSR count). The molecule has 1 saturated heterocycles. The highest BCUT2D eigenvalue weighted by Gasteiger charge is 2.34. The Balaban J connectivity index is 1.61. The Morgan fingerprint density at radius 2 is 1.88 bits per heavy atom. The summed E-state index contributed by atoms with van der Waals surface area (Å²) in [5.41, 5.74) is 7.56. The minimum atomic E-state index is -0.0291. The lowest BCUT2D eigenvalue weighted by molar-refractivity contribution is -0.140. The number of rotatable bonds is 0. The number of hydrogen-bond acceptors (Lipinski definition) is 4. The highest BCUT2D eigenvalue weighted by Crippen LogP contribution is 2.38. The van der Waals surface area contributed by atoms with Crippen molar-refractivity contribution >= 4 is 5.91 Å². The number of ether oxygens (including phenoxy) is 2. The Morgan fingerprint density at radius 1 is 1.08 bits per heavy atom. The van der Waals surface area contributed by atoms with E-state index in [1.54, 1.807) is 0 Å². The highest BCUT2D eigenvalue weighted by atomic mass is 16.5. The molecular formula is C20H28N2O3. The van der Waals surface area contributed by atoms with Gasteiger partial charge in [-0.3, -0.25) is 4.79 Å². The molecule has 0 spiro atoms. The molecule has 0 aromatic heterocycles. The van der Waals surface area contributed by atoms with Crippen LogP contribution in [-0.4, -0.2) is 48.8 Å². The van der Waals surface area contributed by atoms with Gasteiger partial charge in [0.05, 0.1) is 18.8 Å². The number of piperidine rings is 1. The Labute approximate surface area is 149 Å². The van der Waals surface area contributed by atoms with E-state index < -0.39 is 0 Å². The molecule has 0 unspecified atom stereocenters. The number of carbonyl (C=O) groups is 1. The molecule has 1 aromatic carbocycles. The Morgan fingerprint density at radius 3 is 2.72 bits per heavy atom. The monoisotopic (exact) mass is 344 g/mol. The summed E-state index contributed by atoms with van der Waals surface area (Å²) in [5.74, 6) is 1.37. The van der Waals surface area contributed by atoms with Crippen molar-refractivity contribution in [3.63, 3.8) is 0 Å². The predicted molar refractivity (Wildman–Crippen MR) is 95.6 cm³/mol. The van der Waals surface area contributed by atoms with E-state index in [4.69, 9.17) is 15.2 Å². The van der Waals surface area contributed by atoms with Crippen molar-refractivity contribution in [2.24, 2.45) is 5.73 Å². The molecule has 3 aliphatic heterocycles. The van der Waals surface area contributed by atoms with Crippen LogP contribution in [0.1, 0.15) is 50.0 Å². The number of fused-ring (bicyclic) bond motifs is 5. The zero-order chi connectivity index (χ0) is 17.2. The molecule has 2 fully saturated rings. The molecule has 5 heteroatoms. The Kier molecular flexibility index (Phi) is 4.95. The smallest absolute Gasteiger partial charge is 0.260 e. The first-order chi connectivity index (χ1) is 12.2. The molecule has 136 valence electrons. The van der Waals surface area contributed by atoms with E-state index in [-0.39, 0.29) is 30.7 Å². The number of hydrogen-bond donors (Lipinski definition) is 1. The van der Waals surface area contributed by atoms with Crippen molar-refractivity contribution in [3.05, 3.63) is 29.8 Å². The van der Waals surface area contributed by atoms with Crippen LogP contribution < -0.4 is 10.5 Å². The van der Waals surface area contributed by atoms with Crippen LogP contribution in [0.25, 0.3) is 0 Å². The second kappa shape index (κ2) is 7.34. The van der Waals surface area contributed by atoms with Crippen molar-refractivity contribution in [2.75, 3.05) is 19.8 Å². The quantitative estimate of drug-likeness (QED) is 0.785. The largest absolute Gasteiger partial charge is 0.483 e. The third-order valence-electron chi connectivity index (χ3n) is 6.04. The average Bonchev–Trinajstić information content (AvgIpc) is 2.66. The second-order valence-electron chi connectivity index (χ2n) is 7.59. The number of nitrogens with two attached hydrogens (primary N) is 1. The fourth-order valence-corrected chi connectivity index (χ4v) is 4.56. The first-order valence-electron chi connectivity index (χ1n) is 9.61. The maximum atomic E-state index is 12.8. The molecule has 3 heterocycles. The molecule has 25 heavy (non-hydrogen) atoms. The summed E-state index contributed by atoms with van der Waals surface area (Å²) in [7, 11) is 0. The lowest BCUT2D eigenvalue weighted by atomic mass is 9.82. The lowest BCUT2D eigenvalue weighted by Gasteiger charge is -2.40. The van der Waals surface area contributed by atoms with Gasteiger partial charge in [-0.25, -0.2) is 0 Å². The van der Waals surface area contributed by atoms with Crippen molar-refractivity contribution in [1.82, 2.24) is 4.90 Å². The topological polar surface area (TPSA) is 64.8 Å². The summed E-state index contributed by atoms with van der Waals surface area (Å²) in [5, 5.41) is 0.